The van der Waals surface area contributed by atoms with Crippen molar-refractivity contribution in [3.63, 3.8) is 0 Å². The Labute approximate surface area is 403 Å². The van der Waals surface area contributed by atoms with Crippen molar-refractivity contribution >= 4 is 74.0 Å². The monoisotopic (exact) mass is 885 g/mol. The van der Waals surface area contributed by atoms with Crippen molar-refractivity contribution in [1.82, 2.24) is 0 Å². The second-order valence-electron chi connectivity index (χ2n) is 26.1. The minimum Gasteiger partial charge on any atom is -0.468 e. The quantitative estimate of drug-likeness (QED) is 0.165. The molecule has 0 saturated carbocycles. The summed E-state index contributed by atoms with van der Waals surface area (Å²) in [6.07, 6.45) is 9.17. The molecule has 0 unspecified atom stereocenters. The lowest BCUT2D eigenvalue weighted by Crippen LogP contribution is -2.61. The summed E-state index contributed by atoms with van der Waals surface area (Å²) in [6.45, 7) is 39.6. The van der Waals surface area contributed by atoms with Gasteiger partial charge in [0.15, 0.2) is 0 Å². The summed E-state index contributed by atoms with van der Waals surface area (Å²) in [7, 11) is 0. The van der Waals surface area contributed by atoms with E-state index in [9.17, 15) is 0 Å². The number of aryl methyl sites for hydroxylation is 1. The summed E-state index contributed by atoms with van der Waals surface area (Å²) in [5.74, 6) is 0. The first-order valence-corrected chi connectivity index (χ1v) is 25.1. The zero-order valence-corrected chi connectivity index (χ0v) is 43.8. The Morgan fingerprint density at radius 3 is 1.79 bits per heavy atom. The molecule has 3 heterocycles. The Morgan fingerprint density at radius 2 is 1.21 bits per heavy atom. The standard InChI is InChI=1S/C63H73BN2O/c1-38-32-52-55-53(33-38)66(50-28-24-42(60(8,9)10)34-45(50)39-18-20-40(21-19-39)58(2,3)4)51-29-25-43(61(11,12)13)35-49(51)64(55)57-56(65(52)44-26-22-41(23-27-44)59(5,6)7)46-36-47-48(37-54(46)67-57)63(16,17)31-30-62(47,14)15/h18,20,22-24,26-28,32-37H,19,21,30-31H2,1-17H3. The first-order chi connectivity index (χ1) is 31.1. The molecular weight excluding hydrogens is 812 g/mol. The molecule has 0 N–H and O–H groups in total. The Hall–Kier alpha value is -5.40. The van der Waals surface area contributed by atoms with Gasteiger partial charge in [-0.2, -0.15) is 0 Å². The van der Waals surface area contributed by atoms with Gasteiger partial charge in [0.05, 0.1) is 22.7 Å². The average molecular weight is 885 g/mol. The predicted octanol–water partition coefficient (Wildman–Crippen LogP) is 15.8. The molecule has 4 aliphatic rings. The van der Waals surface area contributed by atoms with Crippen LogP contribution in [0.5, 0.6) is 0 Å². The third-order valence-electron chi connectivity index (χ3n) is 16.0. The number of hydrogen-bond donors (Lipinski definition) is 0. The van der Waals surface area contributed by atoms with E-state index in [-0.39, 0.29) is 39.2 Å². The van der Waals surface area contributed by atoms with E-state index < -0.39 is 0 Å². The van der Waals surface area contributed by atoms with E-state index in [4.69, 9.17) is 4.42 Å². The Balaban J connectivity index is 1.31. The first-order valence-electron chi connectivity index (χ1n) is 25.1. The Morgan fingerprint density at radius 1 is 0.597 bits per heavy atom. The zero-order valence-electron chi connectivity index (χ0n) is 43.8. The maximum atomic E-state index is 7.56. The molecule has 0 atom stereocenters. The molecule has 0 amide bonds. The van der Waals surface area contributed by atoms with Crippen LogP contribution in [0.15, 0.2) is 94.9 Å². The summed E-state index contributed by atoms with van der Waals surface area (Å²) >= 11 is 0. The highest BCUT2D eigenvalue weighted by Gasteiger charge is 2.49. The topological polar surface area (TPSA) is 19.6 Å². The van der Waals surface area contributed by atoms with Crippen molar-refractivity contribution in [2.45, 2.75) is 170 Å². The van der Waals surface area contributed by atoms with E-state index in [2.05, 4.69) is 225 Å². The Bertz CT molecular complexity index is 3070. The summed E-state index contributed by atoms with van der Waals surface area (Å²) in [6, 6.07) is 36.5. The van der Waals surface area contributed by atoms with Crippen LogP contribution in [-0.2, 0) is 27.1 Å². The van der Waals surface area contributed by atoms with Crippen molar-refractivity contribution < 1.29 is 4.42 Å². The second-order valence-corrected chi connectivity index (χ2v) is 26.1. The minimum absolute atomic E-state index is 0.0196. The molecule has 0 bridgehead atoms. The number of fused-ring (bicyclic) bond motifs is 7. The fourth-order valence-electron chi connectivity index (χ4n) is 11.5. The van der Waals surface area contributed by atoms with Crippen LogP contribution >= 0.6 is 0 Å². The molecule has 2 aliphatic heterocycles. The van der Waals surface area contributed by atoms with Gasteiger partial charge in [-0.25, -0.2) is 0 Å². The van der Waals surface area contributed by atoms with E-state index in [1.54, 1.807) is 0 Å². The first kappa shape index (κ1) is 45.4. The lowest BCUT2D eigenvalue weighted by atomic mass is 9.35. The van der Waals surface area contributed by atoms with Gasteiger partial charge in [-0.3, -0.25) is 0 Å². The van der Waals surface area contributed by atoms with Gasteiger partial charge in [-0.05, 0) is 164 Å². The van der Waals surface area contributed by atoms with Gasteiger partial charge in [-0.1, -0.05) is 159 Å². The summed E-state index contributed by atoms with van der Waals surface area (Å²) in [5.41, 5.74) is 23.5. The number of anilines is 6. The molecule has 3 nitrogen and oxygen atoms in total. The molecule has 0 spiro atoms. The maximum Gasteiger partial charge on any atom is 0.297 e. The largest absolute Gasteiger partial charge is 0.468 e. The van der Waals surface area contributed by atoms with Crippen LogP contribution in [-0.4, -0.2) is 6.71 Å². The van der Waals surface area contributed by atoms with Gasteiger partial charge >= 0.3 is 0 Å². The minimum atomic E-state index is -0.169. The van der Waals surface area contributed by atoms with E-state index in [0.717, 1.165) is 59.6 Å². The van der Waals surface area contributed by atoms with Crippen LogP contribution in [0.1, 0.15) is 175 Å². The van der Waals surface area contributed by atoms with E-state index in [0.29, 0.717) is 0 Å². The van der Waals surface area contributed by atoms with Crippen LogP contribution < -0.4 is 26.4 Å². The number of furan rings is 1. The third kappa shape index (κ3) is 7.41. The molecule has 344 valence electrons. The summed E-state index contributed by atoms with van der Waals surface area (Å²) in [5, 5.41) is 1.19. The smallest absolute Gasteiger partial charge is 0.297 e. The van der Waals surface area contributed by atoms with Gasteiger partial charge in [0, 0.05) is 33.6 Å². The maximum absolute atomic E-state index is 7.56. The van der Waals surface area contributed by atoms with Crippen molar-refractivity contribution in [3.05, 3.63) is 142 Å². The lowest BCUT2D eigenvalue weighted by molar-refractivity contribution is 0.332. The van der Waals surface area contributed by atoms with Crippen LogP contribution in [0, 0.1) is 24.5 Å². The van der Waals surface area contributed by atoms with Crippen LogP contribution in [0.25, 0.3) is 16.5 Å². The molecule has 0 fully saturated rings. The fourth-order valence-corrected chi connectivity index (χ4v) is 11.5. The Kier molecular flexibility index (Phi) is 10.0. The highest BCUT2D eigenvalue weighted by molar-refractivity contribution is 7.00. The number of hydrogen-bond acceptors (Lipinski definition) is 3. The van der Waals surface area contributed by atoms with Crippen molar-refractivity contribution in [2.24, 2.45) is 5.41 Å². The van der Waals surface area contributed by atoms with E-state index >= 15 is 0 Å². The van der Waals surface area contributed by atoms with Gasteiger partial charge in [0.1, 0.15) is 5.58 Å². The van der Waals surface area contributed by atoms with Crippen LogP contribution in [0.2, 0.25) is 0 Å². The SMILES string of the molecule is Cc1cc2c3c(c1)N(c1ccc(C(C)(C)C)cc1)c1c(oc4cc5c(cc14)C(C)(C)CCC5(C)C)B3c1cc(C(C)(C)C)c#cc1N2c1ccc(C(C)(C)C)cc1C1=CC=C(C(C)(C)C)CC1. The molecule has 0 radical (unpaired) electrons. The molecule has 5 aromatic carbocycles. The molecule has 6 aromatic rings. The lowest BCUT2D eigenvalue weighted by Gasteiger charge is -2.43. The summed E-state index contributed by atoms with van der Waals surface area (Å²) < 4.78 is 7.56. The summed E-state index contributed by atoms with van der Waals surface area (Å²) in [4.78, 5) is 5.10. The van der Waals surface area contributed by atoms with Crippen LogP contribution in [0.4, 0.5) is 34.1 Å². The highest BCUT2D eigenvalue weighted by Crippen LogP contribution is 2.53. The zero-order chi connectivity index (χ0) is 48.1. The predicted molar refractivity (Wildman–Crippen MR) is 289 cm³/mol. The fraction of sp³-hybridized carbons (Fsp3) is 0.429. The van der Waals surface area contributed by atoms with Crippen LogP contribution in [0.3, 0.4) is 0 Å². The van der Waals surface area contributed by atoms with Crippen molar-refractivity contribution in [1.29, 1.82) is 0 Å². The van der Waals surface area contributed by atoms with Gasteiger partial charge in [-0.15, -0.1) is 0 Å². The highest BCUT2D eigenvalue weighted by atomic mass is 16.3. The molecule has 10 rings (SSSR count). The average Bonchev–Trinajstić information content (AvgIpc) is 3.61. The third-order valence-corrected chi connectivity index (χ3v) is 16.0. The molecule has 0 saturated heterocycles. The van der Waals surface area contributed by atoms with E-state index in [1.807, 2.05) is 0 Å². The second kappa shape index (κ2) is 14.8. The molecule has 1 aromatic heterocycles. The van der Waals surface area contributed by atoms with Gasteiger partial charge in [0.25, 0.3) is 6.71 Å². The van der Waals surface area contributed by atoms with Gasteiger partial charge in [0.2, 0.25) is 0 Å². The molecule has 4 heteroatoms. The number of rotatable bonds is 3. The number of benzene rings is 4. The molecule has 67 heavy (non-hydrogen) atoms. The normalized spacial score (nSPS) is 17.6. The number of nitrogens with zero attached hydrogens (tertiary/aromatic N) is 2. The van der Waals surface area contributed by atoms with Gasteiger partial charge < -0.3 is 14.2 Å². The molecular formula is C63H73BN2O. The van der Waals surface area contributed by atoms with Crippen molar-refractivity contribution in [3.8, 4) is 0 Å². The molecule has 2 aliphatic carbocycles. The number of allylic oxidation sites excluding steroid dienone is 4. The van der Waals surface area contributed by atoms with Crippen molar-refractivity contribution in [2.75, 3.05) is 9.80 Å². The van der Waals surface area contributed by atoms with E-state index in [1.165, 1.54) is 77.9 Å².